The van der Waals surface area contributed by atoms with Crippen molar-refractivity contribution in [3.05, 3.63) is 76.6 Å². The second-order valence-corrected chi connectivity index (χ2v) is 6.17. The Morgan fingerprint density at radius 3 is 2.33 bits per heavy atom. The molecular formula is C20H21N3O. The molecule has 0 radical (unpaired) electrons. The number of para-hydroxylation sites is 1. The molecule has 4 heteroatoms. The maximum absolute atomic E-state index is 12.6. The van der Waals surface area contributed by atoms with Gasteiger partial charge in [-0.3, -0.25) is 4.79 Å². The fraction of sp³-hybridized carbons (Fsp3) is 0.200. The summed E-state index contributed by atoms with van der Waals surface area (Å²) < 4.78 is 1.81. The molecule has 1 N–H and O–H groups in total. The lowest BCUT2D eigenvalue weighted by Gasteiger charge is -2.09. The Morgan fingerprint density at radius 2 is 1.67 bits per heavy atom. The van der Waals surface area contributed by atoms with E-state index in [0.717, 1.165) is 33.8 Å². The molecule has 0 bridgehead atoms. The van der Waals surface area contributed by atoms with Crippen LogP contribution in [0.15, 0.2) is 48.7 Å². The molecule has 3 rings (SSSR count). The van der Waals surface area contributed by atoms with Crippen molar-refractivity contribution in [3.8, 4) is 5.69 Å². The maximum Gasteiger partial charge on any atom is 0.259 e. The van der Waals surface area contributed by atoms with Gasteiger partial charge < -0.3 is 5.32 Å². The Hall–Kier alpha value is -2.88. The van der Waals surface area contributed by atoms with Crippen LogP contribution in [0.4, 0.5) is 5.69 Å². The SMILES string of the molecule is Cc1cc(C)cc(NC(=O)c2cnn(-c3ccccc3C)c2C)c1. The standard InChI is InChI=1S/C20H21N3O/c1-13-9-14(2)11-17(10-13)22-20(24)18-12-21-23(16(18)4)19-8-6-5-7-15(19)3/h5-12H,1-4H3,(H,22,24). The van der Waals surface area contributed by atoms with Gasteiger partial charge in [0, 0.05) is 5.69 Å². The summed E-state index contributed by atoms with van der Waals surface area (Å²) in [5.41, 5.74) is 6.56. The summed E-state index contributed by atoms with van der Waals surface area (Å²) in [7, 11) is 0. The Balaban J connectivity index is 1.90. The van der Waals surface area contributed by atoms with Gasteiger partial charge in [0.25, 0.3) is 5.91 Å². The van der Waals surface area contributed by atoms with Crippen molar-refractivity contribution in [2.45, 2.75) is 27.7 Å². The number of aromatic nitrogens is 2. The van der Waals surface area contributed by atoms with Crippen molar-refractivity contribution >= 4 is 11.6 Å². The minimum absolute atomic E-state index is 0.141. The number of anilines is 1. The minimum Gasteiger partial charge on any atom is -0.322 e. The van der Waals surface area contributed by atoms with Gasteiger partial charge in [0.05, 0.1) is 23.1 Å². The highest BCUT2D eigenvalue weighted by Gasteiger charge is 2.16. The van der Waals surface area contributed by atoms with Crippen LogP contribution in [0.2, 0.25) is 0 Å². The molecule has 0 saturated heterocycles. The van der Waals surface area contributed by atoms with Crippen molar-refractivity contribution in [1.29, 1.82) is 0 Å². The van der Waals surface area contributed by atoms with Crippen LogP contribution in [0.3, 0.4) is 0 Å². The Kier molecular flexibility index (Phi) is 4.21. The summed E-state index contributed by atoms with van der Waals surface area (Å²) >= 11 is 0. The summed E-state index contributed by atoms with van der Waals surface area (Å²) in [6, 6.07) is 14.0. The van der Waals surface area contributed by atoms with Gasteiger partial charge >= 0.3 is 0 Å². The summed E-state index contributed by atoms with van der Waals surface area (Å²) in [5, 5.41) is 7.37. The summed E-state index contributed by atoms with van der Waals surface area (Å²) in [5.74, 6) is -0.141. The Morgan fingerprint density at radius 1 is 1.00 bits per heavy atom. The highest BCUT2D eigenvalue weighted by molar-refractivity contribution is 6.05. The first-order chi connectivity index (χ1) is 11.5. The molecule has 24 heavy (non-hydrogen) atoms. The molecule has 0 aliphatic carbocycles. The van der Waals surface area contributed by atoms with Crippen LogP contribution >= 0.6 is 0 Å². The zero-order valence-corrected chi connectivity index (χ0v) is 14.4. The van der Waals surface area contributed by atoms with E-state index in [-0.39, 0.29) is 5.91 Å². The molecule has 0 aliphatic rings. The third-order valence-electron chi connectivity index (χ3n) is 4.08. The number of amides is 1. The first kappa shape index (κ1) is 16.0. The molecule has 4 nitrogen and oxygen atoms in total. The van der Waals surface area contributed by atoms with Crippen LogP contribution in [0.5, 0.6) is 0 Å². The van der Waals surface area contributed by atoms with Crippen LogP contribution in [0, 0.1) is 27.7 Å². The van der Waals surface area contributed by atoms with E-state index >= 15 is 0 Å². The molecule has 0 aliphatic heterocycles. The average molecular weight is 319 g/mol. The molecule has 1 heterocycles. The lowest BCUT2D eigenvalue weighted by Crippen LogP contribution is -2.13. The topological polar surface area (TPSA) is 46.9 Å². The number of aryl methyl sites for hydroxylation is 3. The number of nitrogens with zero attached hydrogens (tertiary/aromatic N) is 2. The number of carbonyl (C=O) groups excluding carboxylic acids is 1. The van der Waals surface area contributed by atoms with Crippen LogP contribution in [-0.2, 0) is 0 Å². The van der Waals surface area contributed by atoms with Gasteiger partial charge in [0.2, 0.25) is 0 Å². The van der Waals surface area contributed by atoms with E-state index in [0.29, 0.717) is 5.56 Å². The lowest BCUT2D eigenvalue weighted by molar-refractivity contribution is 0.102. The maximum atomic E-state index is 12.6. The lowest BCUT2D eigenvalue weighted by atomic mass is 10.1. The van der Waals surface area contributed by atoms with Crippen LogP contribution in [0.1, 0.15) is 32.7 Å². The molecule has 3 aromatic rings. The van der Waals surface area contributed by atoms with Gasteiger partial charge in [-0.1, -0.05) is 24.3 Å². The smallest absolute Gasteiger partial charge is 0.259 e. The van der Waals surface area contributed by atoms with Gasteiger partial charge in [-0.25, -0.2) is 4.68 Å². The first-order valence-electron chi connectivity index (χ1n) is 7.96. The Labute approximate surface area is 142 Å². The fourth-order valence-electron chi connectivity index (χ4n) is 2.92. The van der Waals surface area contributed by atoms with Gasteiger partial charge in [-0.05, 0) is 62.6 Å². The van der Waals surface area contributed by atoms with Crippen molar-refractivity contribution in [3.63, 3.8) is 0 Å². The fourth-order valence-corrected chi connectivity index (χ4v) is 2.92. The largest absolute Gasteiger partial charge is 0.322 e. The number of nitrogens with one attached hydrogen (secondary N) is 1. The molecule has 1 amide bonds. The number of rotatable bonds is 3. The van der Waals surface area contributed by atoms with Crippen LogP contribution in [-0.4, -0.2) is 15.7 Å². The molecule has 2 aromatic carbocycles. The van der Waals surface area contributed by atoms with Gasteiger partial charge in [-0.2, -0.15) is 5.10 Å². The minimum atomic E-state index is -0.141. The molecule has 0 saturated carbocycles. The molecule has 0 fully saturated rings. The highest BCUT2D eigenvalue weighted by Crippen LogP contribution is 2.19. The van der Waals surface area contributed by atoms with Crippen molar-refractivity contribution in [1.82, 2.24) is 9.78 Å². The van der Waals surface area contributed by atoms with E-state index in [1.807, 2.05) is 68.8 Å². The first-order valence-corrected chi connectivity index (χ1v) is 7.96. The van der Waals surface area contributed by atoms with Crippen molar-refractivity contribution < 1.29 is 4.79 Å². The third kappa shape index (κ3) is 3.08. The summed E-state index contributed by atoms with van der Waals surface area (Å²) in [4.78, 5) is 12.6. The number of hydrogen-bond donors (Lipinski definition) is 1. The second-order valence-electron chi connectivity index (χ2n) is 6.17. The molecule has 122 valence electrons. The summed E-state index contributed by atoms with van der Waals surface area (Å²) in [6.07, 6.45) is 1.62. The van der Waals surface area contributed by atoms with E-state index in [9.17, 15) is 4.79 Å². The number of hydrogen-bond acceptors (Lipinski definition) is 2. The monoisotopic (exact) mass is 319 g/mol. The number of carbonyl (C=O) groups is 1. The van der Waals surface area contributed by atoms with E-state index in [1.165, 1.54) is 0 Å². The highest BCUT2D eigenvalue weighted by atomic mass is 16.1. The van der Waals surface area contributed by atoms with Crippen molar-refractivity contribution in [2.24, 2.45) is 0 Å². The van der Waals surface area contributed by atoms with E-state index in [4.69, 9.17) is 0 Å². The second kappa shape index (κ2) is 6.32. The van der Waals surface area contributed by atoms with Crippen LogP contribution in [0.25, 0.3) is 5.69 Å². The molecule has 1 aromatic heterocycles. The molecule has 0 unspecified atom stereocenters. The zero-order chi connectivity index (χ0) is 17.3. The average Bonchev–Trinajstić information content (AvgIpc) is 2.88. The van der Waals surface area contributed by atoms with E-state index in [1.54, 1.807) is 6.20 Å². The van der Waals surface area contributed by atoms with Crippen LogP contribution < -0.4 is 5.32 Å². The Bertz CT molecular complexity index is 889. The van der Waals surface area contributed by atoms with Gasteiger partial charge in [0.15, 0.2) is 0 Å². The normalized spacial score (nSPS) is 10.7. The molecule has 0 spiro atoms. The van der Waals surface area contributed by atoms with E-state index in [2.05, 4.69) is 16.5 Å². The number of benzene rings is 2. The van der Waals surface area contributed by atoms with Crippen molar-refractivity contribution in [2.75, 3.05) is 5.32 Å². The van der Waals surface area contributed by atoms with Gasteiger partial charge in [0.1, 0.15) is 0 Å². The van der Waals surface area contributed by atoms with Gasteiger partial charge in [-0.15, -0.1) is 0 Å². The van der Waals surface area contributed by atoms with E-state index < -0.39 is 0 Å². The molecular weight excluding hydrogens is 298 g/mol. The summed E-state index contributed by atoms with van der Waals surface area (Å²) in [6.45, 7) is 7.98. The predicted octanol–water partition coefficient (Wildman–Crippen LogP) is 4.36. The zero-order valence-electron chi connectivity index (χ0n) is 14.4. The molecule has 0 atom stereocenters. The quantitative estimate of drug-likeness (QED) is 0.780. The third-order valence-corrected chi connectivity index (χ3v) is 4.08. The predicted molar refractivity (Wildman–Crippen MR) is 96.9 cm³/mol.